The SMILES string of the molecule is Fc1ccc(CN=C2NSc3cccc(Oc4ccccc4Cl)c3N2)cc1F. The van der Waals surface area contributed by atoms with Crippen LogP contribution in [0.3, 0.4) is 0 Å². The fraction of sp³-hybridized carbons (Fsp3) is 0.0500. The molecule has 0 saturated heterocycles. The van der Waals surface area contributed by atoms with Crippen molar-refractivity contribution in [3.63, 3.8) is 0 Å². The van der Waals surface area contributed by atoms with Crippen molar-refractivity contribution in [2.45, 2.75) is 11.4 Å². The first-order valence-electron chi connectivity index (χ1n) is 8.34. The van der Waals surface area contributed by atoms with Crippen LogP contribution in [0.15, 0.2) is 70.6 Å². The Kier molecular flexibility index (Phi) is 5.36. The van der Waals surface area contributed by atoms with Crippen molar-refractivity contribution in [1.82, 2.24) is 4.72 Å². The molecule has 28 heavy (non-hydrogen) atoms. The summed E-state index contributed by atoms with van der Waals surface area (Å²) in [5, 5.41) is 3.69. The Balaban J connectivity index is 1.55. The van der Waals surface area contributed by atoms with Crippen LogP contribution in [-0.4, -0.2) is 5.96 Å². The van der Waals surface area contributed by atoms with E-state index in [4.69, 9.17) is 16.3 Å². The van der Waals surface area contributed by atoms with E-state index in [1.165, 1.54) is 18.0 Å². The van der Waals surface area contributed by atoms with Gasteiger partial charge in [0.05, 0.1) is 22.2 Å². The van der Waals surface area contributed by atoms with Gasteiger partial charge in [-0.05, 0) is 53.9 Å². The molecule has 0 bridgehead atoms. The number of para-hydroxylation sites is 2. The van der Waals surface area contributed by atoms with Crippen LogP contribution in [0.5, 0.6) is 11.5 Å². The number of benzene rings is 3. The number of hydrogen-bond donors (Lipinski definition) is 2. The molecule has 1 aliphatic rings. The Hall–Kier alpha value is -2.77. The Morgan fingerprint density at radius 2 is 1.79 bits per heavy atom. The molecule has 2 N–H and O–H groups in total. The molecule has 3 aromatic rings. The van der Waals surface area contributed by atoms with Crippen LogP contribution in [0.1, 0.15) is 5.56 Å². The standard InChI is InChI=1S/C20H14ClF2N3OS/c21-13-4-1-2-5-16(13)27-17-6-3-7-18-19(17)25-20(26-28-18)24-11-12-8-9-14(22)15(23)10-12/h1-10H,11H2,(H2,24,25,26). The molecule has 0 fully saturated rings. The molecule has 0 aliphatic carbocycles. The van der Waals surface area contributed by atoms with E-state index in [1.807, 2.05) is 30.3 Å². The number of aliphatic imine (C=N–C) groups is 1. The molecule has 1 aliphatic heterocycles. The smallest absolute Gasteiger partial charge is 0.206 e. The van der Waals surface area contributed by atoms with Crippen molar-refractivity contribution in [1.29, 1.82) is 0 Å². The molecule has 0 aromatic heterocycles. The van der Waals surface area contributed by atoms with Gasteiger partial charge in [-0.3, -0.25) is 4.72 Å². The van der Waals surface area contributed by atoms with Gasteiger partial charge < -0.3 is 10.1 Å². The highest BCUT2D eigenvalue weighted by atomic mass is 35.5. The minimum atomic E-state index is -0.891. The van der Waals surface area contributed by atoms with E-state index in [2.05, 4.69) is 15.0 Å². The molecule has 142 valence electrons. The van der Waals surface area contributed by atoms with Crippen molar-refractivity contribution >= 4 is 35.2 Å². The third-order valence-corrected chi connectivity index (χ3v) is 5.12. The summed E-state index contributed by atoms with van der Waals surface area (Å²) in [6.45, 7) is 0.190. The maximum absolute atomic E-state index is 13.3. The fourth-order valence-electron chi connectivity index (χ4n) is 2.58. The van der Waals surface area contributed by atoms with Gasteiger partial charge in [0.2, 0.25) is 5.96 Å². The molecule has 0 saturated carbocycles. The second kappa shape index (κ2) is 8.08. The number of anilines is 1. The van der Waals surface area contributed by atoms with E-state index in [1.54, 1.807) is 12.1 Å². The molecule has 1 heterocycles. The second-order valence-corrected chi connectivity index (χ2v) is 7.16. The molecule has 8 heteroatoms. The number of fused-ring (bicyclic) bond motifs is 1. The van der Waals surface area contributed by atoms with Crippen LogP contribution in [0.2, 0.25) is 5.02 Å². The number of halogens is 3. The first kappa shape index (κ1) is 18.6. The topological polar surface area (TPSA) is 45.7 Å². The van der Waals surface area contributed by atoms with Gasteiger partial charge in [0.25, 0.3) is 0 Å². The third-order valence-electron chi connectivity index (χ3n) is 3.95. The van der Waals surface area contributed by atoms with E-state index >= 15 is 0 Å². The zero-order valence-electron chi connectivity index (χ0n) is 14.4. The van der Waals surface area contributed by atoms with E-state index in [-0.39, 0.29) is 6.54 Å². The summed E-state index contributed by atoms with van der Waals surface area (Å²) in [4.78, 5) is 5.32. The highest BCUT2D eigenvalue weighted by Gasteiger charge is 2.19. The van der Waals surface area contributed by atoms with Crippen molar-refractivity contribution in [2.24, 2.45) is 4.99 Å². The van der Waals surface area contributed by atoms with Gasteiger partial charge in [-0.1, -0.05) is 35.9 Å². The number of nitrogens with zero attached hydrogens (tertiary/aromatic N) is 1. The maximum atomic E-state index is 13.3. The number of nitrogens with one attached hydrogen (secondary N) is 2. The van der Waals surface area contributed by atoms with Gasteiger partial charge in [0.1, 0.15) is 5.75 Å². The highest BCUT2D eigenvalue weighted by Crippen LogP contribution is 2.40. The summed E-state index contributed by atoms with van der Waals surface area (Å²) in [7, 11) is 0. The Morgan fingerprint density at radius 1 is 0.964 bits per heavy atom. The first-order valence-corrected chi connectivity index (χ1v) is 9.53. The van der Waals surface area contributed by atoms with Crippen LogP contribution in [-0.2, 0) is 6.54 Å². The quantitative estimate of drug-likeness (QED) is 0.512. The number of hydrogen-bond acceptors (Lipinski definition) is 3. The lowest BCUT2D eigenvalue weighted by atomic mass is 10.2. The number of rotatable bonds is 4. The molecule has 4 rings (SSSR count). The average Bonchev–Trinajstić information content (AvgIpc) is 2.71. The van der Waals surface area contributed by atoms with Crippen molar-refractivity contribution in [3.05, 3.63) is 82.9 Å². The highest BCUT2D eigenvalue weighted by molar-refractivity contribution is 7.98. The normalized spacial score (nSPS) is 14.2. The van der Waals surface area contributed by atoms with Crippen LogP contribution in [0.25, 0.3) is 0 Å². The zero-order valence-corrected chi connectivity index (χ0v) is 16.0. The Labute approximate surface area is 169 Å². The molecule has 0 amide bonds. The monoisotopic (exact) mass is 417 g/mol. The van der Waals surface area contributed by atoms with Crippen LogP contribution < -0.4 is 14.8 Å². The predicted octanol–water partition coefficient (Wildman–Crippen LogP) is 5.99. The molecule has 0 spiro atoms. The lowest BCUT2D eigenvalue weighted by Gasteiger charge is -2.23. The van der Waals surface area contributed by atoms with Gasteiger partial charge >= 0.3 is 0 Å². The number of ether oxygens (including phenoxy) is 1. The maximum Gasteiger partial charge on any atom is 0.206 e. The lowest BCUT2D eigenvalue weighted by molar-refractivity contribution is 0.484. The minimum absolute atomic E-state index is 0.190. The molecule has 0 atom stereocenters. The minimum Gasteiger partial charge on any atom is -0.454 e. The van der Waals surface area contributed by atoms with Crippen LogP contribution in [0, 0.1) is 11.6 Å². The molecular weight excluding hydrogens is 404 g/mol. The van der Waals surface area contributed by atoms with E-state index in [0.29, 0.717) is 28.0 Å². The summed E-state index contributed by atoms with van der Waals surface area (Å²) in [5.74, 6) is -0.144. The predicted molar refractivity (Wildman–Crippen MR) is 108 cm³/mol. The van der Waals surface area contributed by atoms with E-state index in [0.717, 1.165) is 22.7 Å². The van der Waals surface area contributed by atoms with Crippen molar-refractivity contribution < 1.29 is 13.5 Å². The Bertz CT molecular complexity index is 1060. The van der Waals surface area contributed by atoms with Crippen LogP contribution in [0.4, 0.5) is 14.5 Å². The summed E-state index contributed by atoms with van der Waals surface area (Å²) >= 11 is 7.56. The third kappa shape index (κ3) is 4.05. The van der Waals surface area contributed by atoms with Crippen molar-refractivity contribution in [2.75, 3.05) is 5.32 Å². The second-order valence-electron chi connectivity index (χ2n) is 5.90. The summed E-state index contributed by atoms with van der Waals surface area (Å²) in [6.07, 6.45) is 0. The summed E-state index contributed by atoms with van der Waals surface area (Å²) < 4.78 is 35.4. The largest absolute Gasteiger partial charge is 0.454 e. The molecule has 3 aromatic carbocycles. The molecule has 0 radical (unpaired) electrons. The van der Waals surface area contributed by atoms with Gasteiger partial charge in [-0.25, -0.2) is 13.8 Å². The summed E-state index contributed by atoms with van der Waals surface area (Å²) in [5.41, 5.74) is 1.31. The number of guanidine groups is 1. The van der Waals surface area contributed by atoms with Crippen LogP contribution >= 0.6 is 23.5 Å². The van der Waals surface area contributed by atoms with E-state index in [9.17, 15) is 8.78 Å². The lowest BCUT2D eigenvalue weighted by Crippen LogP contribution is -2.29. The van der Waals surface area contributed by atoms with Gasteiger partial charge in [0, 0.05) is 0 Å². The molecule has 0 unspecified atom stereocenters. The van der Waals surface area contributed by atoms with E-state index < -0.39 is 11.6 Å². The van der Waals surface area contributed by atoms with Gasteiger partial charge in [0.15, 0.2) is 17.4 Å². The van der Waals surface area contributed by atoms with Gasteiger partial charge in [-0.2, -0.15) is 0 Å². The summed E-state index contributed by atoms with van der Waals surface area (Å²) in [6, 6.07) is 16.6. The fourth-order valence-corrected chi connectivity index (χ4v) is 3.47. The molecular formula is C20H14ClF2N3OS. The zero-order chi connectivity index (χ0) is 19.5. The molecule has 4 nitrogen and oxygen atoms in total. The van der Waals surface area contributed by atoms with Gasteiger partial charge in [-0.15, -0.1) is 0 Å². The Morgan fingerprint density at radius 3 is 2.61 bits per heavy atom. The average molecular weight is 418 g/mol. The van der Waals surface area contributed by atoms with Crippen molar-refractivity contribution in [3.8, 4) is 11.5 Å². The first-order chi connectivity index (χ1) is 13.6.